The van der Waals surface area contributed by atoms with E-state index in [0.29, 0.717) is 13.2 Å². The number of hydrogen-bond donors (Lipinski definition) is 1. The van der Waals surface area contributed by atoms with Crippen LogP contribution < -0.4 is 0 Å². The number of carbonyl (C=O) groups excluding carboxylic acids is 1. The van der Waals surface area contributed by atoms with Crippen LogP contribution in [0, 0.1) is 0 Å². The van der Waals surface area contributed by atoms with Gasteiger partial charge in [-0.15, -0.1) is 0 Å². The second-order valence-electron chi connectivity index (χ2n) is 10.8. The molecule has 1 fully saturated rings. The lowest BCUT2D eigenvalue weighted by molar-refractivity contribution is -0.144. The first-order valence-corrected chi connectivity index (χ1v) is 14.5. The van der Waals surface area contributed by atoms with Gasteiger partial charge in [-0.25, -0.2) is 0 Å². The van der Waals surface area contributed by atoms with Crippen molar-refractivity contribution in [2.75, 3.05) is 19.7 Å². The van der Waals surface area contributed by atoms with E-state index in [-0.39, 0.29) is 5.97 Å². The summed E-state index contributed by atoms with van der Waals surface area (Å²) in [5.41, 5.74) is 4.54. The highest BCUT2D eigenvalue weighted by molar-refractivity contribution is 5.71. The Kier molecular flexibility index (Phi) is 11.7. The molecule has 0 amide bonds. The lowest BCUT2D eigenvalue weighted by Gasteiger charge is -2.25. The molecular formula is C36H42N2O3. The molecule has 1 aliphatic rings. The molecule has 0 aliphatic heterocycles. The van der Waals surface area contributed by atoms with E-state index in [9.17, 15) is 9.90 Å². The van der Waals surface area contributed by atoms with Crippen molar-refractivity contribution in [2.45, 2.75) is 51.5 Å². The molecular weight excluding hydrogens is 508 g/mol. The van der Waals surface area contributed by atoms with Gasteiger partial charge in [-0.1, -0.05) is 121 Å². The second kappa shape index (κ2) is 15.9. The average Bonchev–Trinajstić information content (AvgIpc) is 3.71. The zero-order chi connectivity index (χ0) is 28.8. The summed E-state index contributed by atoms with van der Waals surface area (Å²) >= 11 is 0. The fourth-order valence-electron chi connectivity index (χ4n) is 4.81. The van der Waals surface area contributed by atoms with E-state index in [1.54, 1.807) is 0 Å². The van der Waals surface area contributed by atoms with Crippen LogP contribution in [0.15, 0.2) is 121 Å². The molecule has 1 N–H and O–H groups in total. The van der Waals surface area contributed by atoms with Gasteiger partial charge >= 0.3 is 5.97 Å². The third-order valence-electron chi connectivity index (χ3n) is 7.00. The fraction of sp³-hybridized carbons (Fsp3) is 0.306. The summed E-state index contributed by atoms with van der Waals surface area (Å²) in [7, 11) is 0. The van der Waals surface area contributed by atoms with Crippen molar-refractivity contribution in [1.82, 2.24) is 9.80 Å². The van der Waals surface area contributed by atoms with Crippen LogP contribution in [0.2, 0.25) is 0 Å². The van der Waals surface area contributed by atoms with Crippen LogP contribution in [0.3, 0.4) is 0 Å². The Labute approximate surface area is 245 Å². The number of esters is 1. The summed E-state index contributed by atoms with van der Waals surface area (Å²) in [5.74, 6) is -0.177. The highest BCUT2D eigenvalue weighted by Gasteiger charge is 2.41. The molecule has 4 aromatic rings. The van der Waals surface area contributed by atoms with Gasteiger partial charge in [0.15, 0.2) is 0 Å². The molecule has 4 aromatic carbocycles. The van der Waals surface area contributed by atoms with Gasteiger partial charge in [-0.3, -0.25) is 14.6 Å². The Balaban J connectivity index is 0.000000189. The minimum Gasteiger partial charge on any atom is -0.465 e. The summed E-state index contributed by atoms with van der Waals surface area (Å²) in [5, 5.41) is 10.2. The van der Waals surface area contributed by atoms with Crippen LogP contribution in [-0.2, 0) is 35.7 Å². The quantitative estimate of drug-likeness (QED) is 0.194. The number of ether oxygens (including phenoxy) is 1. The predicted octanol–water partition coefficient (Wildman–Crippen LogP) is 6.47. The zero-order valence-electron chi connectivity index (χ0n) is 24.1. The monoisotopic (exact) mass is 550 g/mol. The highest BCUT2D eigenvalue weighted by atomic mass is 16.5. The Morgan fingerprint density at radius 3 is 1.29 bits per heavy atom. The van der Waals surface area contributed by atoms with Gasteiger partial charge in [0.2, 0.25) is 0 Å². The summed E-state index contributed by atoms with van der Waals surface area (Å²) in [6, 6.07) is 41.3. The van der Waals surface area contributed by atoms with E-state index in [2.05, 4.69) is 82.6 Å². The number of benzene rings is 4. The Hall–Kier alpha value is -3.77. The Morgan fingerprint density at radius 1 is 0.634 bits per heavy atom. The summed E-state index contributed by atoms with van der Waals surface area (Å²) in [6.45, 7) is 6.55. The first-order chi connectivity index (χ1) is 20.0. The normalized spacial score (nSPS) is 13.4. The predicted molar refractivity (Wildman–Crippen MR) is 165 cm³/mol. The van der Waals surface area contributed by atoms with Crippen LogP contribution in [0.25, 0.3) is 0 Å². The van der Waals surface area contributed by atoms with Crippen molar-refractivity contribution >= 4 is 5.97 Å². The second-order valence-corrected chi connectivity index (χ2v) is 10.8. The molecule has 41 heavy (non-hydrogen) atoms. The lowest BCUT2D eigenvalue weighted by Crippen LogP contribution is -2.32. The van der Waals surface area contributed by atoms with Gasteiger partial charge in [0, 0.05) is 32.7 Å². The van der Waals surface area contributed by atoms with E-state index in [1.807, 2.05) is 55.5 Å². The molecule has 0 saturated heterocycles. The molecule has 5 nitrogen and oxygen atoms in total. The lowest BCUT2D eigenvalue weighted by atomic mass is 10.1. The SMILES string of the molecule is CCOC(=O)CN(Cc1ccccc1)Cc1ccccc1.OC1(CN(Cc2ccccc2)Cc2ccccc2)CC1. The van der Waals surface area contributed by atoms with Crippen LogP contribution >= 0.6 is 0 Å². The van der Waals surface area contributed by atoms with Crippen molar-refractivity contribution in [3.8, 4) is 0 Å². The van der Waals surface area contributed by atoms with Gasteiger partial charge in [0.25, 0.3) is 0 Å². The largest absolute Gasteiger partial charge is 0.465 e. The molecule has 5 rings (SSSR count). The third kappa shape index (κ3) is 11.3. The molecule has 0 atom stereocenters. The smallest absolute Gasteiger partial charge is 0.320 e. The molecule has 0 aromatic heterocycles. The third-order valence-corrected chi connectivity index (χ3v) is 7.00. The minimum absolute atomic E-state index is 0.177. The van der Waals surface area contributed by atoms with E-state index in [4.69, 9.17) is 4.74 Å². The number of carbonyl (C=O) groups is 1. The molecule has 0 unspecified atom stereocenters. The number of rotatable bonds is 13. The summed E-state index contributed by atoms with van der Waals surface area (Å²) in [4.78, 5) is 16.2. The molecule has 1 saturated carbocycles. The van der Waals surface area contributed by atoms with Crippen molar-refractivity contribution in [2.24, 2.45) is 0 Å². The van der Waals surface area contributed by atoms with E-state index in [1.165, 1.54) is 22.3 Å². The van der Waals surface area contributed by atoms with Crippen molar-refractivity contribution < 1.29 is 14.6 Å². The summed E-state index contributed by atoms with van der Waals surface area (Å²) < 4.78 is 5.07. The van der Waals surface area contributed by atoms with Gasteiger partial charge in [0.1, 0.15) is 0 Å². The van der Waals surface area contributed by atoms with Crippen LogP contribution in [0.1, 0.15) is 42.0 Å². The van der Waals surface area contributed by atoms with Gasteiger partial charge in [-0.2, -0.15) is 0 Å². The maximum Gasteiger partial charge on any atom is 0.320 e. The van der Waals surface area contributed by atoms with E-state index >= 15 is 0 Å². The molecule has 0 heterocycles. The maximum atomic E-state index is 11.8. The van der Waals surface area contributed by atoms with Crippen molar-refractivity contribution in [1.29, 1.82) is 0 Å². The standard InChI is InChI=1S/C18H21NO2.C18H21NO/c1-2-21-18(20)15-19(13-16-9-5-3-6-10-16)14-17-11-7-4-8-12-17;20-18(11-12-18)15-19(13-16-7-3-1-4-8-16)14-17-9-5-2-6-10-17/h3-12H,2,13-15H2,1H3;1-10,20H,11-15H2. The van der Waals surface area contributed by atoms with Crippen molar-refractivity contribution in [3.63, 3.8) is 0 Å². The number of hydrogen-bond acceptors (Lipinski definition) is 5. The molecule has 0 bridgehead atoms. The van der Waals surface area contributed by atoms with Crippen LogP contribution in [0.5, 0.6) is 0 Å². The fourth-order valence-corrected chi connectivity index (χ4v) is 4.81. The van der Waals surface area contributed by atoms with E-state index < -0.39 is 5.60 Å². The number of nitrogens with zero attached hydrogens (tertiary/aromatic N) is 2. The topological polar surface area (TPSA) is 53.0 Å². The van der Waals surface area contributed by atoms with E-state index in [0.717, 1.165) is 45.6 Å². The van der Waals surface area contributed by atoms with Gasteiger partial charge < -0.3 is 9.84 Å². The van der Waals surface area contributed by atoms with Crippen LogP contribution in [0.4, 0.5) is 0 Å². The average molecular weight is 551 g/mol. The first-order valence-electron chi connectivity index (χ1n) is 14.5. The molecule has 1 aliphatic carbocycles. The number of aliphatic hydroxyl groups is 1. The Morgan fingerprint density at radius 2 is 0.976 bits per heavy atom. The first kappa shape index (κ1) is 30.2. The highest BCUT2D eigenvalue weighted by Crippen LogP contribution is 2.36. The molecule has 0 spiro atoms. The molecule has 5 heteroatoms. The summed E-state index contributed by atoms with van der Waals surface area (Å²) in [6.07, 6.45) is 1.88. The Bertz CT molecular complexity index is 1200. The van der Waals surface area contributed by atoms with Crippen molar-refractivity contribution in [3.05, 3.63) is 144 Å². The molecule has 214 valence electrons. The van der Waals surface area contributed by atoms with Gasteiger partial charge in [-0.05, 0) is 42.0 Å². The van der Waals surface area contributed by atoms with Gasteiger partial charge in [0.05, 0.1) is 18.8 Å². The minimum atomic E-state index is -0.441. The molecule has 0 radical (unpaired) electrons. The van der Waals surface area contributed by atoms with Crippen LogP contribution in [-0.4, -0.2) is 46.2 Å². The zero-order valence-corrected chi connectivity index (χ0v) is 24.1. The maximum absolute atomic E-state index is 11.8.